The Bertz CT molecular complexity index is 1200. The second-order valence-corrected chi connectivity index (χ2v) is 11.0. The van der Waals surface area contributed by atoms with Crippen molar-refractivity contribution in [3.63, 3.8) is 0 Å². The minimum atomic E-state index is 0.372. The third-order valence-electron chi connectivity index (χ3n) is 4.10. The average molecular weight is 805 g/mol. The van der Waals surface area contributed by atoms with Crippen molar-refractivity contribution in [2.45, 2.75) is 34.6 Å². The van der Waals surface area contributed by atoms with Crippen molar-refractivity contribution in [3.05, 3.63) is 80.9 Å². The molecule has 4 rings (SSSR count). The second-order valence-electron chi connectivity index (χ2n) is 7.08. The number of aromatic nitrogens is 8. The van der Waals surface area contributed by atoms with E-state index >= 15 is 0 Å². The van der Waals surface area contributed by atoms with E-state index in [0.717, 1.165) is 46.4 Å². The summed E-state index contributed by atoms with van der Waals surface area (Å²) >= 11 is 23.9. The molecule has 0 aliphatic rings. The fourth-order valence-electron chi connectivity index (χ4n) is 1.93. The first kappa shape index (κ1) is 33.6. The van der Waals surface area contributed by atoms with Crippen molar-refractivity contribution in [2.75, 3.05) is 7.11 Å². The van der Waals surface area contributed by atoms with Crippen molar-refractivity contribution in [3.8, 4) is 5.88 Å². The van der Waals surface area contributed by atoms with Crippen LogP contribution in [0.1, 0.15) is 27.9 Å². The summed E-state index contributed by atoms with van der Waals surface area (Å²) in [4.78, 5) is 0. The predicted octanol–water partition coefficient (Wildman–Crippen LogP) is 7.81. The van der Waals surface area contributed by atoms with Crippen molar-refractivity contribution < 1.29 is 4.74 Å². The van der Waals surface area contributed by atoms with Gasteiger partial charge in [-0.25, -0.2) is 0 Å². The summed E-state index contributed by atoms with van der Waals surface area (Å²) in [6.45, 7) is 9.66. The Balaban J connectivity index is 0.000000247. The third kappa shape index (κ3) is 13.3. The first-order valence-corrected chi connectivity index (χ1v) is 14.1. The van der Waals surface area contributed by atoms with E-state index in [4.69, 9.17) is 27.9 Å². The number of rotatable bonds is 1. The molecule has 198 valence electrons. The van der Waals surface area contributed by atoms with Crippen molar-refractivity contribution in [1.82, 2.24) is 40.8 Å². The highest BCUT2D eigenvalue weighted by atomic mass is 79.9. The standard InChI is InChI=1S/C6H7BrN2O.C6H7BrN2.C5H4Br2N2.C5H4Cl2N2/c1-4-3-5(10-2)8-9-6(4)7;1-4-3-6(7)9-8-5(4)2;2*1-3-2-4(6)8-9-5(3)7/h3H,1-2H3;3H,1-2H3;2*2H,1H3. The lowest BCUT2D eigenvalue weighted by molar-refractivity contribution is 0.391. The third-order valence-corrected chi connectivity index (χ3v) is 7.00. The van der Waals surface area contributed by atoms with Gasteiger partial charge in [0.2, 0.25) is 5.88 Å². The Morgan fingerprint density at radius 2 is 1.08 bits per heavy atom. The van der Waals surface area contributed by atoms with Gasteiger partial charge in [0.15, 0.2) is 10.3 Å². The van der Waals surface area contributed by atoms with Gasteiger partial charge < -0.3 is 4.74 Å². The minimum absolute atomic E-state index is 0.372. The molecule has 4 aromatic heterocycles. The Labute approximate surface area is 259 Å². The lowest BCUT2D eigenvalue weighted by Crippen LogP contribution is -1.92. The zero-order valence-electron chi connectivity index (χ0n) is 20.6. The van der Waals surface area contributed by atoms with Crippen LogP contribution in [0.3, 0.4) is 0 Å². The Morgan fingerprint density at radius 1 is 0.568 bits per heavy atom. The summed E-state index contributed by atoms with van der Waals surface area (Å²) in [5, 5.41) is 30.6. The fourth-order valence-corrected chi connectivity index (χ4v) is 3.46. The first-order chi connectivity index (χ1) is 17.3. The lowest BCUT2D eigenvalue weighted by atomic mass is 10.3. The number of nitrogens with zero attached hydrogens (tertiary/aromatic N) is 8. The molecule has 0 radical (unpaired) electrons. The van der Waals surface area contributed by atoms with E-state index in [0.29, 0.717) is 16.2 Å². The SMILES string of the molecule is COc1cc(C)c(Br)nn1.Cc1cc(Br)nnc1Br.Cc1cc(Br)nnc1C.Cc1cc(Cl)nnc1Cl. The maximum atomic E-state index is 5.55. The summed E-state index contributed by atoms with van der Waals surface area (Å²) in [6, 6.07) is 7.33. The first-order valence-electron chi connectivity index (χ1n) is 10.1. The summed E-state index contributed by atoms with van der Waals surface area (Å²) in [6.07, 6.45) is 0. The molecule has 15 heteroatoms. The predicted molar refractivity (Wildman–Crippen MR) is 159 cm³/mol. The van der Waals surface area contributed by atoms with Crippen LogP contribution in [0, 0.1) is 34.6 Å². The largest absolute Gasteiger partial charge is 0.480 e. The molecule has 0 aromatic carbocycles. The zero-order valence-corrected chi connectivity index (χ0v) is 28.4. The van der Waals surface area contributed by atoms with E-state index in [1.807, 2.05) is 52.8 Å². The number of hydrogen-bond acceptors (Lipinski definition) is 9. The van der Waals surface area contributed by atoms with Gasteiger partial charge in [0, 0.05) is 6.07 Å². The number of aryl methyl sites for hydroxylation is 5. The maximum absolute atomic E-state index is 5.55. The molecule has 0 unspecified atom stereocenters. The number of hydrogen-bond donors (Lipinski definition) is 0. The van der Waals surface area contributed by atoms with Gasteiger partial charge in [-0.2, -0.15) is 5.10 Å². The average Bonchev–Trinajstić information content (AvgIpc) is 2.85. The van der Waals surface area contributed by atoms with Gasteiger partial charge in [-0.05, 0) is 139 Å². The van der Waals surface area contributed by atoms with E-state index in [-0.39, 0.29) is 0 Å². The van der Waals surface area contributed by atoms with E-state index in [9.17, 15) is 0 Å². The molecule has 0 aliphatic heterocycles. The molecule has 0 saturated carbocycles. The quantitative estimate of drug-likeness (QED) is 0.190. The molecule has 4 heterocycles. The van der Waals surface area contributed by atoms with E-state index < -0.39 is 0 Å². The number of halogens is 6. The maximum Gasteiger partial charge on any atom is 0.233 e. The van der Waals surface area contributed by atoms with Crippen molar-refractivity contribution in [2.24, 2.45) is 0 Å². The molecule has 0 fully saturated rings. The normalized spacial score (nSPS) is 9.62. The van der Waals surface area contributed by atoms with Gasteiger partial charge in [-0.1, -0.05) is 23.2 Å². The van der Waals surface area contributed by atoms with E-state index in [2.05, 4.69) is 105 Å². The Kier molecular flexibility index (Phi) is 15.7. The van der Waals surface area contributed by atoms with Gasteiger partial charge in [0.1, 0.15) is 18.4 Å². The topological polar surface area (TPSA) is 112 Å². The summed E-state index contributed by atoms with van der Waals surface area (Å²) in [5.41, 5.74) is 5.09. The summed E-state index contributed by atoms with van der Waals surface area (Å²) in [5.74, 6) is 0.542. The molecular formula is C22H22Br4Cl2N8O. The molecule has 0 atom stereocenters. The highest BCUT2D eigenvalue weighted by molar-refractivity contribution is 9.11. The minimum Gasteiger partial charge on any atom is -0.480 e. The lowest BCUT2D eigenvalue weighted by Gasteiger charge is -1.98. The summed E-state index contributed by atoms with van der Waals surface area (Å²) < 4.78 is 7.97. The highest BCUT2D eigenvalue weighted by Crippen LogP contribution is 2.15. The van der Waals surface area contributed by atoms with Crippen LogP contribution in [-0.2, 0) is 0 Å². The highest BCUT2D eigenvalue weighted by Gasteiger charge is 1.99. The molecule has 0 spiro atoms. The van der Waals surface area contributed by atoms with Gasteiger partial charge >= 0.3 is 0 Å². The second kappa shape index (κ2) is 17.3. The van der Waals surface area contributed by atoms with Crippen LogP contribution in [-0.4, -0.2) is 47.9 Å². The molecular weight excluding hydrogens is 783 g/mol. The molecule has 0 bridgehead atoms. The summed E-state index contributed by atoms with van der Waals surface area (Å²) in [7, 11) is 1.57. The van der Waals surface area contributed by atoms with E-state index in [1.165, 1.54) is 0 Å². The monoisotopic (exact) mass is 800 g/mol. The number of methoxy groups -OCH3 is 1. The van der Waals surface area contributed by atoms with Crippen LogP contribution in [0.2, 0.25) is 10.3 Å². The van der Waals surface area contributed by atoms with Crippen LogP contribution in [0.25, 0.3) is 0 Å². The molecule has 4 aromatic rings. The van der Waals surface area contributed by atoms with Crippen LogP contribution >= 0.6 is 86.9 Å². The van der Waals surface area contributed by atoms with Gasteiger partial charge in [0.05, 0.1) is 12.8 Å². The van der Waals surface area contributed by atoms with Gasteiger partial charge in [0.25, 0.3) is 0 Å². The van der Waals surface area contributed by atoms with E-state index in [1.54, 1.807) is 13.2 Å². The number of ether oxygens (including phenoxy) is 1. The van der Waals surface area contributed by atoms with Crippen molar-refractivity contribution in [1.29, 1.82) is 0 Å². The smallest absolute Gasteiger partial charge is 0.233 e. The van der Waals surface area contributed by atoms with Crippen LogP contribution in [0.4, 0.5) is 0 Å². The van der Waals surface area contributed by atoms with Crippen molar-refractivity contribution >= 4 is 86.9 Å². The molecule has 37 heavy (non-hydrogen) atoms. The molecule has 0 amide bonds. The Morgan fingerprint density at radius 3 is 1.49 bits per heavy atom. The van der Waals surface area contributed by atoms with Gasteiger partial charge in [-0.15, -0.1) is 35.7 Å². The molecule has 9 nitrogen and oxygen atoms in total. The van der Waals surface area contributed by atoms with Crippen LogP contribution in [0.15, 0.2) is 42.7 Å². The molecule has 0 saturated heterocycles. The molecule has 0 N–H and O–H groups in total. The van der Waals surface area contributed by atoms with Crippen LogP contribution in [0.5, 0.6) is 5.88 Å². The fraction of sp³-hybridized carbons (Fsp3) is 0.273. The van der Waals surface area contributed by atoms with Crippen LogP contribution < -0.4 is 4.74 Å². The zero-order chi connectivity index (χ0) is 28.1. The molecule has 0 aliphatic carbocycles. The Hall–Kier alpha value is -1.38. The van der Waals surface area contributed by atoms with Gasteiger partial charge in [-0.3, -0.25) is 0 Å².